The fraction of sp³-hybridized carbons (Fsp3) is 0.375. The van der Waals surface area contributed by atoms with Crippen molar-refractivity contribution in [1.82, 2.24) is 15.2 Å². The van der Waals surface area contributed by atoms with Gasteiger partial charge in [0.05, 0.1) is 17.8 Å². The molecule has 2 unspecified atom stereocenters. The fourth-order valence-electron chi connectivity index (χ4n) is 2.79. The van der Waals surface area contributed by atoms with Gasteiger partial charge in [0.2, 0.25) is 0 Å². The molecule has 0 spiro atoms. The van der Waals surface area contributed by atoms with E-state index in [0.29, 0.717) is 0 Å². The van der Waals surface area contributed by atoms with Crippen LogP contribution in [0.1, 0.15) is 29.1 Å². The molecule has 1 N–H and O–H groups in total. The van der Waals surface area contributed by atoms with E-state index >= 15 is 0 Å². The molecule has 116 valence electrons. The van der Waals surface area contributed by atoms with E-state index in [2.05, 4.69) is 38.8 Å². The van der Waals surface area contributed by atoms with Gasteiger partial charge in [0.15, 0.2) is 5.11 Å². The molecular weight excluding hydrogens is 314 g/mol. The maximum Gasteiger partial charge on any atom is 0.170 e. The summed E-state index contributed by atoms with van der Waals surface area (Å²) < 4.78 is 5.17. The van der Waals surface area contributed by atoms with Crippen LogP contribution in [0.2, 0.25) is 0 Å². The van der Waals surface area contributed by atoms with Crippen molar-refractivity contribution in [3.05, 3.63) is 52.5 Å². The molecule has 1 saturated heterocycles. The number of methoxy groups -OCH3 is 1. The predicted octanol–water partition coefficient (Wildman–Crippen LogP) is 3.15. The number of thiophene rings is 1. The van der Waals surface area contributed by atoms with Gasteiger partial charge in [-0.15, -0.1) is 11.3 Å². The molecule has 6 heteroatoms. The number of hydrogen-bond donors (Lipinski definition) is 1. The Labute approximate surface area is 140 Å². The van der Waals surface area contributed by atoms with E-state index in [1.54, 1.807) is 18.4 Å². The lowest BCUT2D eigenvalue weighted by molar-refractivity contribution is 0.181. The summed E-state index contributed by atoms with van der Waals surface area (Å²) in [6, 6.07) is 10.6. The highest BCUT2D eigenvalue weighted by atomic mass is 32.1. The average molecular weight is 333 g/mol. The third kappa shape index (κ3) is 3.14. The molecular formula is C16H19N3OS2. The molecule has 1 aliphatic heterocycles. The summed E-state index contributed by atoms with van der Waals surface area (Å²) in [5.74, 6) is 0. The van der Waals surface area contributed by atoms with Gasteiger partial charge in [-0.05, 0) is 42.2 Å². The highest BCUT2D eigenvalue weighted by molar-refractivity contribution is 7.80. The quantitative estimate of drug-likeness (QED) is 0.649. The Hall–Kier alpha value is -1.50. The maximum absolute atomic E-state index is 5.57. The normalized spacial score (nSPS) is 21.1. The van der Waals surface area contributed by atoms with Crippen molar-refractivity contribution >= 4 is 28.7 Å². The lowest BCUT2D eigenvalue weighted by Gasteiger charge is -2.26. The van der Waals surface area contributed by atoms with Crippen molar-refractivity contribution in [2.75, 3.05) is 20.3 Å². The number of thiocarbonyl (C=S) groups is 1. The number of rotatable bonds is 6. The van der Waals surface area contributed by atoms with Crippen LogP contribution >= 0.6 is 23.6 Å². The van der Waals surface area contributed by atoms with Gasteiger partial charge in [-0.1, -0.05) is 12.1 Å². The number of aromatic nitrogens is 1. The number of nitrogens with zero attached hydrogens (tertiary/aromatic N) is 2. The first-order valence-electron chi connectivity index (χ1n) is 7.31. The van der Waals surface area contributed by atoms with E-state index in [9.17, 15) is 0 Å². The topological polar surface area (TPSA) is 37.4 Å². The Morgan fingerprint density at radius 1 is 1.36 bits per heavy atom. The van der Waals surface area contributed by atoms with Gasteiger partial charge in [-0.25, -0.2) is 0 Å². The van der Waals surface area contributed by atoms with Crippen molar-refractivity contribution in [3.8, 4) is 0 Å². The van der Waals surface area contributed by atoms with Crippen LogP contribution < -0.4 is 5.32 Å². The second-order valence-corrected chi connectivity index (χ2v) is 6.55. The third-order valence-electron chi connectivity index (χ3n) is 3.78. The van der Waals surface area contributed by atoms with Crippen molar-refractivity contribution < 1.29 is 4.74 Å². The summed E-state index contributed by atoms with van der Waals surface area (Å²) in [5.41, 5.74) is 1.03. The molecule has 2 aromatic rings. The third-order valence-corrected chi connectivity index (χ3v) is 5.08. The number of ether oxygens (including phenoxy) is 1. The van der Waals surface area contributed by atoms with Crippen LogP contribution in [0, 0.1) is 0 Å². The van der Waals surface area contributed by atoms with Crippen LogP contribution in [0.25, 0.3) is 0 Å². The minimum absolute atomic E-state index is 0.0925. The molecule has 0 aliphatic carbocycles. The smallest absolute Gasteiger partial charge is 0.170 e. The first-order valence-corrected chi connectivity index (χ1v) is 8.60. The van der Waals surface area contributed by atoms with Gasteiger partial charge in [0.1, 0.15) is 0 Å². The zero-order valence-corrected chi connectivity index (χ0v) is 14.1. The summed E-state index contributed by atoms with van der Waals surface area (Å²) in [6.45, 7) is 1.62. The molecule has 0 bridgehead atoms. The Balaban J connectivity index is 1.88. The monoisotopic (exact) mass is 333 g/mol. The largest absolute Gasteiger partial charge is 0.385 e. The lowest BCUT2D eigenvalue weighted by atomic mass is 10.0. The van der Waals surface area contributed by atoms with E-state index < -0.39 is 0 Å². The summed E-state index contributed by atoms with van der Waals surface area (Å²) in [5, 5.41) is 6.35. The van der Waals surface area contributed by atoms with E-state index in [0.717, 1.165) is 30.4 Å². The van der Waals surface area contributed by atoms with E-state index in [1.165, 1.54) is 4.88 Å². The van der Waals surface area contributed by atoms with Crippen molar-refractivity contribution in [3.63, 3.8) is 0 Å². The average Bonchev–Trinajstić information content (AvgIpc) is 3.17. The van der Waals surface area contributed by atoms with Crippen LogP contribution in [-0.2, 0) is 4.74 Å². The van der Waals surface area contributed by atoms with Crippen molar-refractivity contribution in [1.29, 1.82) is 0 Å². The SMILES string of the molecule is COCCCN1C(=S)NC(c2ccccn2)C1c1cccs1. The molecule has 2 atom stereocenters. The molecule has 3 heterocycles. The van der Waals surface area contributed by atoms with Crippen LogP contribution in [0.15, 0.2) is 41.9 Å². The zero-order valence-electron chi connectivity index (χ0n) is 12.4. The van der Waals surface area contributed by atoms with Crippen LogP contribution in [0.3, 0.4) is 0 Å². The number of hydrogen-bond acceptors (Lipinski definition) is 4. The first kappa shape index (κ1) is 15.4. The Bertz CT molecular complexity index is 603. The molecule has 0 amide bonds. The van der Waals surface area contributed by atoms with E-state index in [4.69, 9.17) is 17.0 Å². The lowest BCUT2D eigenvalue weighted by Crippen LogP contribution is -2.30. The molecule has 0 saturated carbocycles. The molecule has 1 aliphatic rings. The van der Waals surface area contributed by atoms with Crippen LogP contribution in [-0.4, -0.2) is 35.3 Å². The molecule has 22 heavy (non-hydrogen) atoms. The standard InChI is InChI=1S/C16H19N3OS2/c1-20-10-5-9-19-15(13-7-4-11-22-13)14(18-16(19)21)12-6-2-3-8-17-12/h2-4,6-8,11,14-15H,5,9-10H2,1H3,(H,18,21). The molecule has 3 rings (SSSR count). The van der Waals surface area contributed by atoms with Crippen molar-refractivity contribution in [2.24, 2.45) is 0 Å². The van der Waals surface area contributed by atoms with E-state index in [1.807, 2.05) is 18.3 Å². The number of pyridine rings is 1. The summed E-state index contributed by atoms with van der Waals surface area (Å²) in [4.78, 5) is 8.09. The highest BCUT2D eigenvalue weighted by Gasteiger charge is 2.39. The van der Waals surface area contributed by atoms with Gasteiger partial charge in [-0.3, -0.25) is 4.98 Å². The van der Waals surface area contributed by atoms with Crippen LogP contribution in [0.5, 0.6) is 0 Å². The van der Waals surface area contributed by atoms with Gasteiger partial charge in [0, 0.05) is 31.3 Å². The molecule has 0 radical (unpaired) electrons. The minimum Gasteiger partial charge on any atom is -0.385 e. The highest BCUT2D eigenvalue weighted by Crippen LogP contribution is 2.40. The Morgan fingerprint density at radius 3 is 2.95 bits per heavy atom. The minimum atomic E-state index is 0.0925. The second kappa shape index (κ2) is 7.17. The Kier molecular flexibility index (Phi) is 5.02. The molecule has 0 aromatic carbocycles. The van der Waals surface area contributed by atoms with Gasteiger partial charge >= 0.3 is 0 Å². The molecule has 1 fully saturated rings. The van der Waals surface area contributed by atoms with Gasteiger partial charge in [0.25, 0.3) is 0 Å². The van der Waals surface area contributed by atoms with Crippen molar-refractivity contribution in [2.45, 2.75) is 18.5 Å². The van der Waals surface area contributed by atoms with Gasteiger partial charge in [-0.2, -0.15) is 0 Å². The molecule has 2 aromatic heterocycles. The van der Waals surface area contributed by atoms with E-state index in [-0.39, 0.29) is 12.1 Å². The summed E-state index contributed by atoms with van der Waals surface area (Å²) in [6.07, 6.45) is 2.79. The fourth-order valence-corrected chi connectivity index (χ4v) is 4.00. The Morgan fingerprint density at radius 2 is 2.27 bits per heavy atom. The second-order valence-electron chi connectivity index (χ2n) is 5.18. The van der Waals surface area contributed by atoms with Gasteiger partial charge < -0.3 is 15.0 Å². The number of nitrogens with one attached hydrogen (secondary N) is 1. The summed E-state index contributed by atoms with van der Waals surface area (Å²) in [7, 11) is 1.73. The summed E-state index contributed by atoms with van der Waals surface area (Å²) >= 11 is 7.33. The first-order chi connectivity index (χ1) is 10.8. The maximum atomic E-state index is 5.57. The predicted molar refractivity (Wildman–Crippen MR) is 93.0 cm³/mol. The zero-order chi connectivity index (χ0) is 15.4. The van der Waals surface area contributed by atoms with Crippen LogP contribution in [0.4, 0.5) is 0 Å². The molecule has 4 nitrogen and oxygen atoms in total.